The van der Waals surface area contributed by atoms with Gasteiger partial charge in [-0.25, -0.2) is 5.06 Å². The average molecular weight is 1040 g/mol. The molecule has 3 heterocycles. The number of nitrogens with zero attached hydrogens (tertiary/aromatic N) is 4. The molecule has 74 heavy (non-hydrogen) atoms. The van der Waals surface area contributed by atoms with Gasteiger partial charge < -0.3 is 30.1 Å². The molecule has 4 rings (SSSR count). The molecule has 1 aromatic carbocycles. The fraction of sp³-hybridized carbons (Fsp3) is 0.737. The lowest BCUT2D eigenvalue weighted by Gasteiger charge is -2.38. The minimum Gasteiger partial charge on any atom is -0.508 e. The summed E-state index contributed by atoms with van der Waals surface area (Å²) in [7, 11) is 5.12. The molecule has 0 saturated carbocycles. The lowest BCUT2D eigenvalue weighted by atomic mass is 9.74. The van der Waals surface area contributed by atoms with E-state index in [-0.39, 0.29) is 89.4 Å². The molecule has 6 amide bonds. The minimum absolute atomic E-state index is 0.0128. The standard InChI is InChI=1S/C57H92N6O11/c1-13-38(6)44(33-39(7)40(8)53(68)51(36(2)3)59-56(70)52(37(4)5)60(10)28-16-14-15-17-29-62-48(65)26-27-49(62)66)47(72-11)35-50(67)61-30-20-21-46(61)54(73-12)41(9)55(69)58-45(34-42-22-24-43(64)25-23-42)57(71)63-31-18-19-32-74-63/h22-27,36-41,44-47,51-52,54,64H,13-21,28-35H2,1-12H3,(H,58,69)(H,59,70). The smallest absolute Gasteiger partial charge is 0.269 e. The number of methoxy groups -OCH3 is 2. The number of hydrogen-bond donors (Lipinski definition) is 3. The number of ether oxygens (including phenoxy) is 2. The molecule has 17 nitrogen and oxygen atoms in total. The number of imide groups is 1. The van der Waals surface area contributed by atoms with Crippen LogP contribution in [0.25, 0.3) is 0 Å². The van der Waals surface area contributed by atoms with Crippen molar-refractivity contribution in [1.82, 2.24) is 30.4 Å². The maximum atomic E-state index is 14.5. The summed E-state index contributed by atoms with van der Waals surface area (Å²) >= 11 is 0. The normalized spacial score (nSPS) is 20.3. The van der Waals surface area contributed by atoms with Gasteiger partial charge in [0, 0.05) is 58.3 Å². The van der Waals surface area contributed by atoms with Crippen molar-refractivity contribution in [2.75, 3.05) is 54.1 Å². The number of unbranched alkanes of at least 4 members (excludes halogenated alkanes) is 3. The Morgan fingerprint density at radius 2 is 1.46 bits per heavy atom. The molecule has 11 atom stereocenters. The Bertz CT molecular complexity index is 2010. The monoisotopic (exact) mass is 1040 g/mol. The van der Waals surface area contributed by atoms with Gasteiger partial charge in [0.05, 0.1) is 49.3 Å². The quantitative estimate of drug-likeness (QED) is 0.0539. The van der Waals surface area contributed by atoms with Crippen LogP contribution in [0, 0.1) is 41.4 Å². The van der Waals surface area contributed by atoms with Gasteiger partial charge in [0.1, 0.15) is 11.8 Å². The summed E-state index contributed by atoms with van der Waals surface area (Å²) in [6.07, 6.45) is 9.56. The number of benzene rings is 1. The number of likely N-dealkylation sites (N-methyl/N-ethyl adjacent to an activating group) is 1. The molecule has 2 fully saturated rings. The summed E-state index contributed by atoms with van der Waals surface area (Å²) in [5.41, 5.74) is 0.758. The fourth-order valence-electron chi connectivity index (χ4n) is 11.1. The summed E-state index contributed by atoms with van der Waals surface area (Å²) < 4.78 is 12.2. The van der Waals surface area contributed by atoms with Gasteiger partial charge in [-0.1, -0.05) is 93.7 Å². The van der Waals surface area contributed by atoms with E-state index < -0.39 is 48.2 Å². The molecule has 3 aliphatic rings. The molecule has 3 N–H and O–H groups in total. The second-order valence-electron chi connectivity index (χ2n) is 22.1. The first-order chi connectivity index (χ1) is 35.1. The lowest BCUT2D eigenvalue weighted by Crippen LogP contribution is -2.55. The molecule has 0 aromatic heterocycles. The highest BCUT2D eigenvalue weighted by molar-refractivity contribution is 6.12. The van der Waals surface area contributed by atoms with Crippen molar-refractivity contribution >= 4 is 41.2 Å². The number of amides is 6. The zero-order valence-corrected chi connectivity index (χ0v) is 46.8. The Balaban J connectivity index is 1.38. The molecule has 2 saturated heterocycles. The largest absolute Gasteiger partial charge is 0.508 e. The third-order valence-electron chi connectivity index (χ3n) is 16.1. The zero-order chi connectivity index (χ0) is 54.8. The third-order valence-corrected chi connectivity index (χ3v) is 16.1. The van der Waals surface area contributed by atoms with Crippen molar-refractivity contribution in [3.05, 3.63) is 42.0 Å². The van der Waals surface area contributed by atoms with Gasteiger partial charge in [0.2, 0.25) is 17.7 Å². The van der Waals surface area contributed by atoms with Crippen LogP contribution in [0.5, 0.6) is 5.75 Å². The highest BCUT2D eigenvalue weighted by Crippen LogP contribution is 2.35. The second-order valence-corrected chi connectivity index (χ2v) is 22.1. The number of phenolic OH excluding ortho intramolecular Hbond substituents is 1. The van der Waals surface area contributed by atoms with E-state index in [1.807, 2.05) is 46.6 Å². The summed E-state index contributed by atoms with van der Waals surface area (Å²) in [4.78, 5) is 106. The van der Waals surface area contributed by atoms with Gasteiger partial charge in [0.25, 0.3) is 17.7 Å². The predicted octanol–water partition coefficient (Wildman–Crippen LogP) is 6.50. The van der Waals surface area contributed by atoms with Gasteiger partial charge >= 0.3 is 0 Å². The van der Waals surface area contributed by atoms with E-state index in [0.29, 0.717) is 45.6 Å². The maximum Gasteiger partial charge on any atom is 0.269 e. The van der Waals surface area contributed by atoms with Crippen LogP contribution in [0.15, 0.2) is 36.4 Å². The van der Waals surface area contributed by atoms with Crippen molar-refractivity contribution in [2.45, 2.75) is 176 Å². The number of hydroxylamine groups is 2. The number of ketones is 1. The topological polar surface area (TPSA) is 204 Å². The Morgan fingerprint density at radius 3 is 2.04 bits per heavy atom. The van der Waals surface area contributed by atoms with Gasteiger partial charge in [-0.05, 0) is 106 Å². The van der Waals surface area contributed by atoms with Crippen molar-refractivity contribution in [3.63, 3.8) is 0 Å². The average Bonchev–Trinajstić information content (AvgIpc) is 4.00. The molecule has 416 valence electrons. The first-order valence-electron chi connectivity index (χ1n) is 27.6. The molecular weight excluding hydrogens is 945 g/mol. The number of phenols is 1. The van der Waals surface area contributed by atoms with Gasteiger partial charge in [-0.3, -0.25) is 48.2 Å². The first kappa shape index (κ1) is 61.8. The van der Waals surface area contributed by atoms with Crippen LogP contribution in [0.4, 0.5) is 0 Å². The van der Waals surface area contributed by atoms with Crippen LogP contribution in [0.3, 0.4) is 0 Å². The molecule has 1 aromatic rings. The van der Waals surface area contributed by atoms with Crippen molar-refractivity contribution in [2.24, 2.45) is 41.4 Å². The number of rotatable bonds is 31. The number of likely N-dealkylation sites (tertiary alicyclic amines) is 1. The highest BCUT2D eigenvalue weighted by atomic mass is 16.7. The number of nitrogens with one attached hydrogen (secondary N) is 2. The molecule has 0 radical (unpaired) electrons. The van der Waals surface area contributed by atoms with Gasteiger partial charge in [-0.15, -0.1) is 0 Å². The van der Waals surface area contributed by atoms with E-state index in [0.717, 1.165) is 56.9 Å². The molecule has 17 heteroatoms. The third kappa shape index (κ3) is 17.2. The molecule has 11 unspecified atom stereocenters. The van der Waals surface area contributed by atoms with Crippen LogP contribution in [-0.2, 0) is 54.3 Å². The van der Waals surface area contributed by atoms with Crippen molar-refractivity contribution in [3.8, 4) is 5.75 Å². The lowest BCUT2D eigenvalue weighted by molar-refractivity contribution is -0.199. The van der Waals surface area contributed by atoms with Gasteiger partial charge in [0.15, 0.2) is 5.78 Å². The van der Waals surface area contributed by atoms with Crippen LogP contribution < -0.4 is 10.6 Å². The SMILES string of the molecule is CCC(C)C(CC(C)C(C)C(=O)C(NC(=O)C(C(C)C)N(C)CCCCCCN1C(=O)C=CC1=O)C(C)C)C(CC(=O)N1CCCC1C(OC)C(C)C(=O)NC(Cc1ccc(O)cc1)C(=O)N1CCCCO1)OC. The zero-order valence-electron chi connectivity index (χ0n) is 46.8. The Morgan fingerprint density at radius 1 is 0.797 bits per heavy atom. The van der Waals surface area contributed by atoms with Crippen LogP contribution >= 0.6 is 0 Å². The van der Waals surface area contributed by atoms with Crippen molar-refractivity contribution in [1.29, 1.82) is 0 Å². The van der Waals surface area contributed by atoms with E-state index in [1.165, 1.54) is 22.1 Å². The first-order valence-corrected chi connectivity index (χ1v) is 27.6. The summed E-state index contributed by atoms with van der Waals surface area (Å²) in [6, 6.07) is 4.06. The molecule has 0 bridgehead atoms. The molecular formula is C57H92N6O11. The maximum absolute atomic E-state index is 14.5. The number of aromatic hydroxyl groups is 1. The predicted molar refractivity (Wildman–Crippen MR) is 284 cm³/mol. The minimum atomic E-state index is -0.932. The highest BCUT2D eigenvalue weighted by Gasteiger charge is 2.43. The number of Topliss-reactive ketones (excluding diaryl/α,β-unsaturated/α-hetero) is 1. The van der Waals surface area contributed by atoms with E-state index in [9.17, 15) is 38.7 Å². The number of carbonyl (C=O) groups excluding carboxylic acids is 7. The van der Waals surface area contributed by atoms with E-state index in [1.54, 1.807) is 45.4 Å². The number of carbonyl (C=O) groups is 7. The summed E-state index contributed by atoms with van der Waals surface area (Å²) in [5, 5.41) is 17.4. The van der Waals surface area contributed by atoms with E-state index >= 15 is 0 Å². The van der Waals surface area contributed by atoms with Crippen molar-refractivity contribution < 1.29 is 53.0 Å². The van der Waals surface area contributed by atoms with E-state index in [2.05, 4.69) is 36.3 Å². The van der Waals surface area contributed by atoms with E-state index in [4.69, 9.17) is 14.3 Å². The van der Waals surface area contributed by atoms with Crippen LogP contribution in [0.2, 0.25) is 0 Å². The Hall–Kier alpha value is -4.71. The Kier molecular flexibility index (Phi) is 25.2. The molecule has 3 aliphatic heterocycles. The molecule has 0 aliphatic carbocycles. The molecule has 0 spiro atoms. The summed E-state index contributed by atoms with van der Waals surface area (Å²) in [6.45, 7) is 20.4. The Labute approximate surface area is 442 Å². The number of hydrogen-bond acceptors (Lipinski definition) is 12. The van der Waals surface area contributed by atoms with Crippen LogP contribution in [0.1, 0.15) is 139 Å². The summed E-state index contributed by atoms with van der Waals surface area (Å²) in [5.74, 6) is -2.77. The van der Waals surface area contributed by atoms with Crippen LogP contribution in [-0.4, -0.2) is 157 Å². The van der Waals surface area contributed by atoms with Gasteiger partial charge in [-0.2, -0.15) is 0 Å². The second kappa shape index (κ2) is 30.1. The fourth-order valence-corrected chi connectivity index (χ4v) is 11.1.